The van der Waals surface area contributed by atoms with Gasteiger partial charge in [0.1, 0.15) is 12.5 Å². The van der Waals surface area contributed by atoms with Gasteiger partial charge in [0.25, 0.3) is 5.91 Å². The Bertz CT molecular complexity index is 600. The third-order valence-corrected chi connectivity index (χ3v) is 3.44. The fraction of sp³-hybridized carbons (Fsp3) is 0.286. The summed E-state index contributed by atoms with van der Waals surface area (Å²) in [6, 6.07) is -0.544. The van der Waals surface area contributed by atoms with E-state index in [0.717, 1.165) is 18.4 Å². The Balaban J connectivity index is 1.82. The molecule has 6 heteroatoms. The van der Waals surface area contributed by atoms with Crippen molar-refractivity contribution in [2.45, 2.75) is 25.3 Å². The number of hydrogen-bond donors (Lipinski definition) is 2. The molecule has 0 radical (unpaired) electrons. The molecule has 0 aromatic carbocycles. The average molecular weight is 274 g/mol. The van der Waals surface area contributed by atoms with Gasteiger partial charge < -0.3 is 14.8 Å². The summed E-state index contributed by atoms with van der Waals surface area (Å²) in [5.41, 5.74) is -0.256. The van der Waals surface area contributed by atoms with Gasteiger partial charge in [0, 0.05) is 0 Å². The van der Waals surface area contributed by atoms with Gasteiger partial charge >= 0.3 is 6.03 Å². The Kier molecular flexibility index (Phi) is 2.85. The van der Waals surface area contributed by atoms with Gasteiger partial charge in [-0.05, 0) is 25.3 Å². The first kappa shape index (κ1) is 12.5. The number of rotatable bonds is 2. The fourth-order valence-corrected chi connectivity index (χ4v) is 2.21. The predicted molar refractivity (Wildman–Crippen MR) is 69.9 cm³/mol. The highest BCUT2D eigenvalue weighted by molar-refractivity contribution is 6.08. The van der Waals surface area contributed by atoms with E-state index in [1.165, 1.54) is 12.5 Å². The molecule has 0 bridgehead atoms. The predicted octanol–water partition coefficient (Wildman–Crippen LogP) is 1.59. The molecule has 2 N–H and O–H groups in total. The minimum Gasteiger partial charge on any atom is -0.465 e. The summed E-state index contributed by atoms with van der Waals surface area (Å²) in [6.45, 7) is 1.57. The molecule has 1 fully saturated rings. The molecule has 2 aliphatic heterocycles. The van der Waals surface area contributed by atoms with Crippen LogP contribution in [0.25, 0.3) is 0 Å². The summed E-state index contributed by atoms with van der Waals surface area (Å²) in [5.74, 6) is 0.354. The minimum absolute atomic E-state index is 0.258. The summed E-state index contributed by atoms with van der Waals surface area (Å²) in [4.78, 5) is 23.2. The molecule has 2 heterocycles. The van der Waals surface area contributed by atoms with Crippen LogP contribution in [0.3, 0.4) is 0 Å². The van der Waals surface area contributed by atoms with E-state index < -0.39 is 17.5 Å². The molecule has 3 amide bonds. The lowest BCUT2D eigenvalue weighted by Gasteiger charge is -2.27. The highest BCUT2D eigenvalue weighted by atomic mass is 16.5. The van der Waals surface area contributed by atoms with Crippen LogP contribution in [-0.2, 0) is 14.3 Å². The molecule has 1 saturated heterocycles. The molecule has 6 nitrogen and oxygen atoms in total. The van der Waals surface area contributed by atoms with Crippen molar-refractivity contribution in [1.82, 2.24) is 10.6 Å². The van der Waals surface area contributed by atoms with Crippen molar-refractivity contribution in [2.75, 3.05) is 0 Å². The van der Waals surface area contributed by atoms with Gasteiger partial charge in [-0.3, -0.25) is 10.1 Å². The monoisotopic (exact) mass is 274 g/mol. The van der Waals surface area contributed by atoms with Crippen molar-refractivity contribution in [3.8, 4) is 0 Å². The maximum absolute atomic E-state index is 11.9. The number of amides is 3. The molecular formula is C14H14N2O4. The first-order valence-corrected chi connectivity index (χ1v) is 6.33. The molecule has 3 rings (SSSR count). The quantitative estimate of drug-likeness (QED) is 0.750. The van der Waals surface area contributed by atoms with E-state index in [-0.39, 0.29) is 5.76 Å². The Hall–Kier alpha value is -2.50. The minimum atomic E-state index is -1.25. The third kappa shape index (κ3) is 1.99. The standard InChI is InChI=1S/C14H14N2O4/c1-14(12(17)15-13(18)16-14)11-8-19-7-10(20-11)9-5-3-2-4-6-9/h2-3,5,7-8H,4,6H2,1H3,(H2,15,16,17,18). The van der Waals surface area contributed by atoms with E-state index in [9.17, 15) is 9.59 Å². The fourth-order valence-electron chi connectivity index (χ4n) is 2.21. The van der Waals surface area contributed by atoms with E-state index >= 15 is 0 Å². The largest absolute Gasteiger partial charge is 0.465 e. The van der Waals surface area contributed by atoms with Crippen LogP contribution >= 0.6 is 0 Å². The molecule has 0 saturated carbocycles. The first-order valence-electron chi connectivity index (χ1n) is 6.33. The van der Waals surface area contributed by atoms with Crippen molar-refractivity contribution >= 4 is 11.9 Å². The second kappa shape index (κ2) is 4.56. The molecule has 104 valence electrons. The van der Waals surface area contributed by atoms with Gasteiger partial charge in [0.2, 0.25) is 0 Å². The number of imide groups is 1. The molecule has 0 aromatic heterocycles. The van der Waals surface area contributed by atoms with Crippen LogP contribution in [0.4, 0.5) is 4.79 Å². The highest BCUT2D eigenvalue weighted by Crippen LogP contribution is 2.31. The Labute approximate surface area is 115 Å². The van der Waals surface area contributed by atoms with E-state index in [0.29, 0.717) is 5.76 Å². The lowest BCUT2D eigenvalue weighted by molar-refractivity contribution is -0.123. The van der Waals surface area contributed by atoms with E-state index in [1.807, 2.05) is 12.2 Å². The molecule has 1 aliphatic carbocycles. The number of nitrogens with one attached hydrogen (secondary N) is 2. The van der Waals surface area contributed by atoms with Crippen LogP contribution in [0.15, 0.2) is 47.8 Å². The van der Waals surface area contributed by atoms with Crippen LogP contribution in [0, 0.1) is 0 Å². The number of carbonyl (C=O) groups is 2. The van der Waals surface area contributed by atoms with Gasteiger partial charge in [-0.15, -0.1) is 0 Å². The molecule has 1 atom stereocenters. The Morgan fingerprint density at radius 1 is 1.30 bits per heavy atom. The maximum atomic E-state index is 11.9. The number of urea groups is 1. The zero-order valence-electron chi connectivity index (χ0n) is 10.9. The zero-order valence-corrected chi connectivity index (χ0v) is 10.9. The number of hydrogen-bond acceptors (Lipinski definition) is 4. The zero-order chi connectivity index (χ0) is 14.2. The van der Waals surface area contributed by atoms with E-state index in [2.05, 4.69) is 16.7 Å². The highest BCUT2D eigenvalue weighted by Gasteiger charge is 2.48. The van der Waals surface area contributed by atoms with Crippen LogP contribution in [0.1, 0.15) is 19.8 Å². The summed E-state index contributed by atoms with van der Waals surface area (Å²) in [5, 5.41) is 4.73. The molecule has 20 heavy (non-hydrogen) atoms. The summed E-state index contributed by atoms with van der Waals surface area (Å²) >= 11 is 0. The molecule has 1 unspecified atom stereocenters. The molecule has 0 aromatic rings. The summed E-state index contributed by atoms with van der Waals surface area (Å²) < 4.78 is 11.0. The van der Waals surface area contributed by atoms with Crippen molar-refractivity contribution in [1.29, 1.82) is 0 Å². The van der Waals surface area contributed by atoms with Crippen LogP contribution < -0.4 is 10.6 Å². The maximum Gasteiger partial charge on any atom is 0.322 e. The van der Waals surface area contributed by atoms with E-state index in [1.54, 1.807) is 6.92 Å². The van der Waals surface area contributed by atoms with Gasteiger partial charge in [-0.1, -0.05) is 18.2 Å². The van der Waals surface area contributed by atoms with Crippen LogP contribution in [0.2, 0.25) is 0 Å². The summed E-state index contributed by atoms with van der Waals surface area (Å²) in [6.07, 6.45) is 10.6. The Morgan fingerprint density at radius 2 is 2.15 bits per heavy atom. The molecular weight excluding hydrogens is 260 g/mol. The van der Waals surface area contributed by atoms with Crippen molar-refractivity contribution in [3.05, 3.63) is 47.8 Å². The number of ether oxygens (including phenoxy) is 2. The van der Waals surface area contributed by atoms with Crippen molar-refractivity contribution < 1.29 is 19.1 Å². The lowest BCUT2D eigenvalue weighted by atomic mass is 9.99. The van der Waals surface area contributed by atoms with Gasteiger partial charge in [0.15, 0.2) is 17.1 Å². The van der Waals surface area contributed by atoms with Crippen molar-refractivity contribution in [3.63, 3.8) is 0 Å². The Morgan fingerprint density at radius 3 is 2.80 bits per heavy atom. The van der Waals surface area contributed by atoms with Gasteiger partial charge in [-0.25, -0.2) is 4.79 Å². The van der Waals surface area contributed by atoms with E-state index in [4.69, 9.17) is 9.47 Å². The number of allylic oxidation sites excluding steroid dienone is 4. The van der Waals surface area contributed by atoms with Gasteiger partial charge in [-0.2, -0.15) is 0 Å². The summed E-state index contributed by atoms with van der Waals surface area (Å²) in [7, 11) is 0. The second-order valence-electron chi connectivity index (χ2n) is 4.89. The SMILES string of the molecule is CC1(C2=COC=C(C3=CC=CCC3)O2)NC(=O)NC1=O. The normalized spacial score (nSPS) is 28.6. The second-order valence-corrected chi connectivity index (χ2v) is 4.89. The van der Waals surface area contributed by atoms with Gasteiger partial charge in [0.05, 0.1) is 0 Å². The first-order chi connectivity index (χ1) is 9.59. The smallest absolute Gasteiger partial charge is 0.322 e. The lowest BCUT2D eigenvalue weighted by Crippen LogP contribution is -2.46. The molecule has 0 spiro atoms. The topological polar surface area (TPSA) is 76.7 Å². The molecule has 3 aliphatic rings. The average Bonchev–Trinajstić information content (AvgIpc) is 2.74. The van der Waals surface area contributed by atoms with Crippen molar-refractivity contribution in [2.24, 2.45) is 0 Å². The van der Waals surface area contributed by atoms with Crippen LogP contribution in [-0.4, -0.2) is 17.5 Å². The third-order valence-electron chi connectivity index (χ3n) is 3.44. The van der Waals surface area contributed by atoms with Crippen LogP contribution in [0.5, 0.6) is 0 Å². The number of carbonyl (C=O) groups excluding carboxylic acids is 2.